The highest BCUT2D eigenvalue weighted by Crippen LogP contribution is 2.65. The summed E-state index contributed by atoms with van der Waals surface area (Å²) < 4.78 is 0. The Bertz CT molecular complexity index is 1230. The molecule has 0 spiro atoms. The number of rotatable bonds is 5. The first-order valence-corrected chi connectivity index (χ1v) is 16.6. The van der Waals surface area contributed by atoms with Gasteiger partial charge >= 0.3 is 0 Å². The molecular formula is C32H39NSi. The van der Waals surface area contributed by atoms with Crippen molar-refractivity contribution in [1.29, 1.82) is 0 Å². The first-order chi connectivity index (χ1) is 16.4. The third-order valence-corrected chi connectivity index (χ3v) is 14.2. The molecule has 1 heterocycles. The summed E-state index contributed by atoms with van der Waals surface area (Å²) in [5.41, 5.74) is 12.4. The van der Waals surface area contributed by atoms with E-state index in [0.29, 0.717) is 17.5 Å². The van der Waals surface area contributed by atoms with Crippen LogP contribution in [0.4, 0.5) is 5.69 Å². The quantitative estimate of drug-likeness (QED) is 0.341. The Morgan fingerprint density at radius 2 is 1.53 bits per heavy atom. The van der Waals surface area contributed by atoms with Gasteiger partial charge in [0.05, 0.1) is 14.1 Å². The van der Waals surface area contributed by atoms with E-state index in [1.165, 1.54) is 36.9 Å². The molecule has 2 aliphatic carbocycles. The van der Waals surface area contributed by atoms with Gasteiger partial charge in [-0.3, -0.25) is 0 Å². The number of anilines is 1. The van der Waals surface area contributed by atoms with E-state index in [-0.39, 0.29) is 0 Å². The van der Waals surface area contributed by atoms with Crippen molar-refractivity contribution in [1.82, 2.24) is 0 Å². The molecule has 0 fully saturated rings. The molecule has 0 saturated heterocycles. The Labute approximate surface area is 207 Å². The van der Waals surface area contributed by atoms with E-state index in [2.05, 4.69) is 106 Å². The van der Waals surface area contributed by atoms with Crippen molar-refractivity contribution < 1.29 is 0 Å². The molecule has 0 N–H and O–H groups in total. The minimum atomic E-state index is -1.75. The highest BCUT2D eigenvalue weighted by Gasteiger charge is 2.57. The summed E-state index contributed by atoms with van der Waals surface area (Å²) in [6.45, 7) is 10.1. The van der Waals surface area contributed by atoms with E-state index in [0.717, 1.165) is 11.5 Å². The SMILES string of the molecule is CCCCC1CC([Si](C)(C)C2c3ccccc3C3C2c2cc(C)ccc2N3C)c2ccccc21. The van der Waals surface area contributed by atoms with Crippen molar-refractivity contribution in [2.24, 2.45) is 0 Å². The Kier molecular flexibility index (Phi) is 5.29. The molecule has 0 radical (unpaired) electrons. The zero-order valence-electron chi connectivity index (χ0n) is 21.5. The van der Waals surface area contributed by atoms with Crippen LogP contribution >= 0.6 is 0 Å². The summed E-state index contributed by atoms with van der Waals surface area (Å²) >= 11 is 0. The van der Waals surface area contributed by atoms with Gasteiger partial charge in [-0.25, -0.2) is 0 Å². The van der Waals surface area contributed by atoms with Crippen molar-refractivity contribution in [3.8, 4) is 0 Å². The van der Waals surface area contributed by atoms with Crippen molar-refractivity contribution in [3.05, 3.63) is 100 Å². The first-order valence-electron chi connectivity index (χ1n) is 13.4. The maximum Gasteiger partial charge on any atom is 0.0637 e. The number of hydrogen-bond acceptors (Lipinski definition) is 1. The number of nitrogens with zero attached hydrogens (tertiary/aromatic N) is 1. The zero-order valence-corrected chi connectivity index (χ0v) is 22.5. The lowest BCUT2D eigenvalue weighted by Crippen LogP contribution is -2.43. The minimum absolute atomic E-state index is 0.484. The van der Waals surface area contributed by atoms with Crippen LogP contribution in [0.3, 0.4) is 0 Å². The van der Waals surface area contributed by atoms with Crippen molar-refractivity contribution >= 4 is 13.8 Å². The van der Waals surface area contributed by atoms with E-state index in [4.69, 9.17) is 0 Å². The van der Waals surface area contributed by atoms with Gasteiger partial charge in [0.1, 0.15) is 0 Å². The number of hydrogen-bond donors (Lipinski definition) is 0. The van der Waals surface area contributed by atoms with Crippen LogP contribution in [-0.4, -0.2) is 15.1 Å². The fourth-order valence-corrected chi connectivity index (χ4v) is 12.8. The van der Waals surface area contributed by atoms with Crippen molar-refractivity contribution in [3.63, 3.8) is 0 Å². The lowest BCUT2D eigenvalue weighted by molar-refractivity contribution is 0.557. The van der Waals surface area contributed by atoms with E-state index in [9.17, 15) is 0 Å². The van der Waals surface area contributed by atoms with Crippen LogP contribution in [0.1, 0.15) is 94.9 Å². The maximum atomic E-state index is 2.73. The van der Waals surface area contributed by atoms with Gasteiger partial charge in [-0.2, -0.15) is 0 Å². The number of fused-ring (bicyclic) bond motifs is 6. The average molecular weight is 466 g/mol. The van der Waals surface area contributed by atoms with Crippen LogP contribution in [0.5, 0.6) is 0 Å². The Morgan fingerprint density at radius 1 is 0.853 bits per heavy atom. The molecule has 3 aromatic carbocycles. The summed E-state index contributed by atoms with van der Waals surface area (Å²) in [5.74, 6) is 1.34. The van der Waals surface area contributed by atoms with Crippen LogP contribution in [-0.2, 0) is 0 Å². The van der Waals surface area contributed by atoms with Gasteiger partial charge in [-0.05, 0) is 70.6 Å². The first kappa shape index (κ1) is 22.2. The molecule has 3 aromatic rings. The van der Waals surface area contributed by atoms with Gasteiger partial charge < -0.3 is 4.90 Å². The minimum Gasteiger partial charge on any atom is -0.367 e. The zero-order chi connectivity index (χ0) is 23.6. The second-order valence-corrected chi connectivity index (χ2v) is 16.8. The molecule has 6 rings (SSSR count). The third kappa shape index (κ3) is 3.10. The predicted molar refractivity (Wildman–Crippen MR) is 148 cm³/mol. The van der Waals surface area contributed by atoms with Gasteiger partial charge in [-0.15, -0.1) is 0 Å². The van der Waals surface area contributed by atoms with E-state index >= 15 is 0 Å². The van der Waals surface area contributed by atoms with Crippen LogP contribution in [0.25, 0.3) is 0 Å². The molecule has 3 aliphatic rings. The normalized spacial score (nSPS) is 26.9. The van der Waals surface area contributed by atoms with Crippen LogP contribution in [0.15, 0.2) is 66.7 Å². The predicted octanol–water partition coefficient (Wildman–Crippen LogP) is 8.62. The maximum absolute atomic E-state index is 2.73. The largest absolute Gasteiger partial charge is 0.367 e. The summed E-state index contributed by atoms with van der Waals surface area (Å²) in [6.07, 6.45) is 5.37. The van der Waals surface area contributed by atoms with Gasteiger partial charge in [0.2, 0.25) is 0 Å². The third-order valence-electron chi connectivity index (χ3n) is 9.63. The van der Waals surface area contributed by atoms with Crippen molar-refractivity contribution in [2.45, 2.75) is 81.6 Å². The molecule has 0 aromatic heterocycles. The average Bonchev–Trinajstić information content (AvgIpc) is 3.47. The molecule has 34 heavy (non-hydrogen) atoms. The number of aryl methyl sites for hydroxylation is 1. The highest BCUT2D eigenvalue weighted by atomic mass is 28.3. The van der Waals surface area contributed by atoms with Gasteiger partial charge in [-0.1, -0.05) is 99.1 Å². The second-order valence-electron chi connectivity index (χ2n) is 11.8. The van der Waals surface area contributed by atoms with E-state index in [1.807, 2.05) is 0 Å². The molecular weight excluding hydrogens is 426 g/mol. The summed E-state index contributed by atoms with van der Waals surface area (Å²) in [7, 11) is 0.583. The molecule has 5 atom stereocenters. The lowest BCUT2D eigenvalue weighted by atomic mass is 9.94. The molecule has 1 aliphatic heterocycles. The number of benzene rings is 3. The molecule has 0 amide bonds. The second kappa shape index (κ2) is 8.12. The smallest absolute Gasteiger partial charge is 0.0637 e. The monoisotopic (exact) mass is 465 g/mol. The standard InChI is InChI=1S/C32H39NSi/c1-6-7-12-22-20-29(24-14-9-8-13-23(22)24)34(4,5)32-26-16-11-10-15-25(26)31-30(32)27-19-21(2)17-18-28(27)33(31)3/h8-11,13-19,22,29-32H,6-7,12,20H2,1-5H3. The fourth-order valence-electron chi connectivity index (χ4n) is 8.09. The lowest BCUT2D eigenvalue weighted by Gasteiger charge is -2.40. The number of likely N-dealkylation sites (N-methyl/N-ethyl adjacent to an activating group) is 1. The van der Waals surface area contributed by atoms with E-state index < -0.39 is 8.07 Å². The molecule has 0 bridgehead atoms. The topological polar surface area (TPSA) is 3.24 Å². The summed E-state index contributed by atoms with van der Waals surface area (Å²) in [4.78, 5) is 2.59. The summed E-state index contributed by atoms with van der Waals surface area (Å²) in [6, 6.07) is 26.6. The van der Waals surface area contributed by atoms with Crippen LogP contribution in [0, 0.1) is 6.92 Å². The fraction of sp³-hybridized carbons (Fsp3) is 0.438. The molecule has 5 unspecified atom stereocenters. The number of unbranched alkanes of at least 4 members (excludes halogenated alkanes) is 1. The molecule has 1 nitrogen and oxygen atoms in total. The molecule has 176 valence electrons. The van der Waals surface area contributed by atoms with E-state index in [1.54, 1.807) is 27.8 Å². The Morgan fingerprint density at radius 3 is 2.26 bits per heavy atom. The van der Waals surface area contributed by atoms with Gasteiger partial charge in [0.25, 0.3) is 0 Å². The molecule has 0 saturated carbocycles. The van der Waals surface area contributed by atoms with Gasteiger partial charge in [0, 0.05) is 18.7 Å². The highest BCUT2D eigenvalue weighted by molar-refractivity contribution is 6.80. The Hall–Kier alpha value is -2.32. The van der Waals surface area contributed by atoms with Crippen LogP contribution < -0.4 is 4.90 Å². The summed E-state index contributed by atoms with van der Waals surface area (Å²) in [5, 5.41) is 0. The van der Waals surface area contributed by atoms with Crippen LogP contribution in [0.2, 0.25) is 13.1 Å². The van der Waals surface area contributed by atoms with Crippen molar-refractivity contribution in [2.75, 3.05) is 11.9 Å². The van der Waals surface area contributed by atoms with Gasteiger partial charge in [0.15, 0.2) is 0 Å². The molecule has 2 heteroatoms. The Balaban J connectivity index is 1.48.